The lowest BCUT2D eigenvalue weighted by Crippen LogP contribution is -2.49. The summed E-state index contributed by atoms with van der Waals surface area (Å²) in [7, 11) is 0. The van der Waals surface area contributed by atoms with Crippen LogP contribution in [0.5, 0.6) is 0 Å². The molecule has 3 aromatic heterocycles. The van der Waals surface area contributed by atoms with E-state index in [9.17, 15) is 28.8 Å². The first-order valence-corrected chi connectivity index (χ1v) is 23.9. The molecule has 0 aliphatic rings. The SMILES string of the molecule is NC(N)=NCCNC(=O)C(Cc1c[nH]c2ccccc12)NC(=O)c1cc(C(=O)NC(Cc2c[nH]c3ccccc23)C(=O)NCCN=C(N)N)cc(C(=O)NC(Cc2c[nH]c3ccccc23)C(=O)NCCN=C(N)N)c1. The quantitative estimate of drug-likeness (QED) is 0.0204. The Hall–Kier alpha value is -9.87. The summed E-state index contributed by atoms with van der Waals surface area (Å²) in [5, 5.41) is 19.1. The van der Waals surface area contributed by atoms with Crippen LogP contribution < -0.4 is 66.3 Å². The fraction of sp³-hybridized carbons (Fsp3) is 0.235. The van der Waals surface area contributed by atoms with E-state index >= 15 is 0 Å². The monoisotopic (exact) mass is 1020 g/mol. The average Bonchev–Trinajstić information content (AvgIpc) is 4.13. The Balaban J connectivity index is 1.24. The number of para-hydroxylation sites is 3. The number of benzene rings is 4. The van der Waals surface area contributed by atoms with Crippen molar-refractivity contribution < 1.29 is 28.8 Å². The van der Waals surface area contributed by atoms with Gasteiger partial charge in [0, 0.05) is 107 Å². The standard InChI is InChI=1S/C51H60N18O6/c52-49(53)61-16-13-58-46(73)40(22-31-25-64-37-10-4-1-7-34(31)37)67-43(70)28-19-29(44(71)68-41(47(74)59-14-17-62-50(54)55)23-32-26-65-38-11-5-2-8-35(32)38)21-30(20-28)45(72)69-42(48(75)60-15-18-63-51(56)57)24-33-27-66-39-12-6-3-9-36(33)39/h1-12,19-21,25-27,40-42,64-66H,13-18,22-24H2,(H,58,73)(H,59,74)(H,60,75)(H,67,70)(H,68,71)(H,69,72)(H4,52,53,61)(H4,54,55,62)(H4,56,57,63). The van der Waals surface area contributed by atoms with Gasteiger partial charge in [-0.15, -0.1) is 0 Å². The summed E-state index contributed by atoms with van der Waals surface area (Å²) in [6, 6.07) is 22.4. The number of nitrogens with one attached hydrogen (secondary N) is 9. The number of hydrogen-bond acceptors (Lipinski definition) is 9. The first kappa shape index (κ1) is 52.9. The molecule has 0 aliphatic heterocycles. The second-order valence-corrected chi connectivity index (χ2v) is 17.4. The van der Waals surface area contributed by atoms with E-state index in [4.69, 9.17) is 34.4 Å². The molecule has 0 saturated heterocycles. The molecule has 0 spiro atoms. The van der Waals surface area contributed by atoms with Crippen molar-refractivity contribution in [3.05, 3.63) is 143 Å². The van der Waals surface area contributed by atoms with Crippen molar-refractivity contribution >= 4 is 86.0 Å². The van der Waals surface area contributed by atoms with Gasteiger partial charge in [-0.2, -0.15) is 0 Å². The number of aromatic amines is 3. The largest absolute Gasteiger partial charge is 0.370 e. The van der Waals surface area contributed by atoms with Gasteiger partial charge in [-0.1, -0.05) is 54.6 Å². The van der Waals surface area contributed by atoms with E-state index < -0.39 is 53.6 Å². The van der Waals surface area contributed by atoms with Gasteiger partial charge in [-0.25, -0.2) is 0 Å². The van der Waals surface area contributed by atoms with Crippen LogP contribution in [0.15, 0.2) is 125 Å². The Morgan fingerprint density at radius 3 is 0.947 bits per heavy atom. The Kier molecular flexibility index (Phi) is 17.6. The third-order valence-corrected chi connectivity index (χ3v) is 12.0. The van der Waals surface area contributed by atoms with Crippen molar-refractivity contribution in [1.82, 2.24) is 46.9 Å². The van der Waals surface area contributed by atoms with Crippen LogP contribution in [0.25, 0.3) is 32.7 Å². The fourth-order valence-corrected chi connectivity index (χ4v) is 8.40. The zero-order valence-corrected chi connectivity index (χ0v) is 40.7. The molecule has 390 valence electrons. The van der Waals surface area contributed by atoms with Crippen molar-refractivity contribution in [3.8, 4) is 0 Å². The minimum Gasteiger partial charge on any atom is -0.370 e. The fourth-order valence-electron chi connectivity index (χ4n) is 8.40. The van der Waals surface area contributed by atoms with E-state index in [1.54, 1.807) is 18.6 Å². The third-order valence-electron chi connectivity index (χ3n) is 12.0. The van der Waals surface area contributed by atoms with Crippen LogP contribution in [0.4, 0.5) is 0 Å². The van der Waals surface area contributed by atoms with Crippen LogP contribution >= 0.6 is 0 Å². The number of carbonyl (C=O) groups is 6. The number of carbonyl (C=O) groups excluding carboxylic acids is 6. The van der Waals surface area contributed by atoms with Gasteiger partial charge in [0.15, 0.2) is 17.9 Å². The van der Waals surface area contributed by atoms with Gasteiger partial charge in [0.2, 0.25) is 17.7 Å². The summed E-state index contributed by atoms with van der Waals surface area (Å²) in [5.74, 6) is -4.78. The zero-order chi connectivity index (χ0) is 53.4. The van der Waals surface area contributed by atoms with Gasteiger partial charge in [0.1, 0.15) is 18.1 Å². The molecular formula is C51H60N18O6. The Morgan fingerprint density at radius 2 is 0.680 bits per heavy atom. The number of hydrogen-bond donors (Lipinski definition) is 15. The number of rotatable bonds is 24. The van der Waals surface area contributed by atoms with E-state index in [1.165, 1.54) is 18.2 Å². The molecule has 21 N–H and O–H groups in total. The van der Waals surface area contributed by atoms with Crippen molar-refractivity contribution in [3.63, 3.8) is 0 Å². The topological polar surface area (TPSA) is 415 Å². The Labute approximate surface area is 429 Å². The number of aromatic nitrogens is 3. The summed E-state index contributed by atoms with van der Waals surface area (Å²) in [5.41, 5.74) is 36.8. The highest BCUT2D eigenvalue weighted by molar-refractivity contribution is 6.07. The van der Waals surface area contributed by atoms with Crippen molar-refractivity contribution in [1.29, 1.82) is 0 Å². The maximum atomic E-state index is 14.6. The van der Waals surface area contributed by atoms with Crippen LogP contribution in [0, 0.1) is 0 Å². The molecule has 24 nitrogen and oxygen atoms in total. The van der Waals surface area contributed by atoms with Crippen LogP contribution in [-0.4, -0.2) is 126 Å². The average molecular weight is 1020 g/mol. The number of aliphatic imine (C=N–C) groups is 3. The summed E-state index contributed by atoms with van der Waals surface area (Å²) in [4.78, 5) is 107. The minimum atomic E-state index is -1.21. The highest BCUT2D eigenvalue weighted by Gasteiger charge is 2.29. The number of fused-ring (bicyclic) bond motifs is 3. The molecule has 7 rings (SSSR count). The zero-order valence-electron chi connectivity index (χ0n) is 40.7. The van der Waals surface area contributed by atoms with Gasteiger partial charge < -0.3 is 81.3 Å². The van der Waals surface area contributed by atoms with Crippen molar-refractivity contribution in [2.75, 3.05) is 39.3 Å². The molecule has 3 atom stereocenters. The molecule has 0 fully saturated rings. The second kappa shape index (κ2) is 25.0. The Morgan fingerprint density at radius 1 is 0.413 bits per heavy atom. The molecule has 3 heterocycles. The lowest BCUT2D eigenvalue weighted by molar-refractivity contribution is -0.123. The van der Waals surface area contributed by atoms with Gasteiger partial charge >= 0.3 is 0 Å². The van der Waals surface area contributed by atoms with Crippen LogP contribution in [0.3, 0.4) is 0 Å². The summed E-state index contributed by atoms with van der Waals surface area (Å²) in [6.45, 7) is 0.258. The lowest BCUT2D eigenvalue weighted by atomic mass is 10.00. The highest BCUT2D eigenvalue weighted by Crippen LogP contribution is 2.23. The molecule has 4 aromatic carbocycles. The van der Waals surface area contributed by atoms with Crippen LogP contribution in [0.2, 0.25) is 0 Å². The molecule has 0 radical (unpaired) electrons. The maximum absolute atomic E-state index is 14.6. The van der Waals surface area contributed by atoms with E-state index in [1.807, 2.05) is 72.8 Å². The lowest BCUT2D eigenvalue weighted by Gasteiger charge is -2.21. The van der Waals surface area contributed by atoms with Crippen molar-refractivity contribution in [2.24, 2.45) is 49.4 Å². The van der Waals surface area contributed by atoms with Gasteiger partial charge in [0.05, 0.1) is 19.6 Å². The third kappa shape index (κ3) is 14.4. The van der Waals surface area contributed by atoms with E-state index in [0.29, 0.717) is 16.7 Å². The van der Waals surface area contributed by atoms with E-state index in [2.05, 4.69) is 61.8 Å². The Bertz CT molecular complexity index is 2930. The molecule has 3 unspecified atom stereocenters. The summed E-state index contributed by atoms with van der Waals surface area (Å²) >= 11 is 0. The van der Waals surface area contributed by atoms with Crippen LogP contribution in [-0.2, 0) is 33.6 Å². The normalized spacial score (nSPS) is 12.2. The van der Waals surface area contributed by atoms with E-state index in [0.717, 1.165) is 32.7 Å². The summed E-state index contributed by atoms with van der Waals surface area (Å²) in [6.07, 6.45) is 5.24. The predicted molar refractivity (Wildman–Crippen MR) is 287 cm³/mol. The molecular weight excluding hydrogens is 961 g/mol. The molecule has 0 aliphatic carbocycles. The van der Waals surface area contributed by atoms with Crippen molar-refractivity contribution in [2.45, 2.75) is 37.4 Å². The van der Waals surface area contributed by atoms with E-state index in [-0.39, 0.29) is 93.1 Å². The number of amides is 6. The smallest absolute Gasteiger partial charge is 0.251 e. The predicted octanol–water partition coefficient (Wildman–Crippen LogP) is -0.677. The number of nitrogens with zero attached hydrogens (tertiary/aromatic N) is 3. The summed E-state index contributed by atoms with van der Waals surface area (Å²) < 4.78 is 0. The molecule has 0 saturated carbocycles. The first-order chi connectivity index (χ1) is 36.1. The minimum absolute atomic E-state index is 0.0129. The molecule has 24 heteroatoms. The van der Waals surface area contributed by atoms with Crippen LogP contribution in [0.1, 0.15) is 47.8 Å². The maximum Gasteiger partial charge on any atom is 0.251 e. The molecule has 0 bridgehead atoms. The van der Waals surface area contributed by atoms with Gasteiger partial charge in [0.25, 0.3) is 17.7 Å². The molecule has 75 heavy (non-hydrogen) atoms. The first-order valence-electron chi connectivity index (χ1n) is 23.9. The number of guanidine groups is 3. The number of H-pyrrole nitrogens is 3. The molecule has 7 aromatic rings. The molecule has 6 amide bonds. The highest BCUT2D eigenvalue weighted by atomic mass is 16.2. The van der Waals surface area contributed by atoms with Gasteiger partial charge in [-0.05, 0) is 53.1 Å². The second-order valence-electron chi connectivity index (χ2n) is 17.4. The van der Waals surface area contributed by atoms with Gasteiger partial charge in [-0.3, -0.25) is 43.7 Å². The number of nitrogens with two attached hydrogens (primary N) is 6.